The van der Waals surface area contributed by atoms with Gasteiger partial charge < -0.3 is 14.8 Å². The van der Waals surface area contributed by atoms with E-state index in [0.29, 0.717) is 31.5 Å². The lowest BCUT2D eigenvalue weighted by Crippen LogP contribution is -2.46. The van der Waals surface area contributed by atoms with Crippen molar-refractivity contribution in [2.24, 2.45) is 5.92 Å². The summed E-state index contributed by atoms with van der Waals surface area (Å²) in [6.07, 6.45) is 1.37. The summed E-state index contributed by atoms with van der Waals surface area (Å²) in [5, 5.41) is 7.33. The van der Waals surface area contributed by atoms with Gasteiger partial charge in [0.05, 0.1) is 6.61 Å². The maximum Gasteiger partial charge on any atom is 0.260 e. The van der Waals surface area contributed by atoms with Crippen LogP contribution in [0.15, 0.2) is 30.6 Å². The number of ether oxygens (including phenoxy) is 2. The molecule has 2 aromatic rings. The number of methoxy groups -OCH3 is 1. The van der Waals surface area contributed by atoms with Crippen LogP contribution in [-0.2, 0) is 11.3 Å². The van der Waals surface area contributed by atoms with E-state index in [0.717, 1.165) is 38.2 Å². The van der Waals surface area contributed by atoms with Crippen LogP contribution >= 0.6 is 0 Å². The van der Waals surface area contributed by atoms with Crippen LogP contribution in [0.3, 0.4) is 0 Å². The van der Waals surface area contributed by atoms with Gasteiger partial charge in [-0.05, 0) is 49.4 Å². The minimum absolute atomic E-state index is 0.0138. The van der Waals surface area contributed by atoms with E-state index in [4.69, 9.17) is 9.47 Å². The molecule has 2 aliphatic rings. The van der Waals surface area contributed by atoms with Crippen LogP contribution in [0.1, 0.15) is 30.9 Å². The molecule has 1 saturated heterocycles. The number of piperidine rings is 1. The van der Waals surface area contributed by atoms with Crippen molar-refractivity contribution < 1.29 is 18.3 Å². The minimum atomic E-state index is -2.45. The van der Waals surface area contributed by atoms with E-state index in [1.807, 2.05) is 12.1 Å². The topological polar surface area (TPSA) is 64.4 Å². The first kappa shape index (κ1) is 21.0. The number of nitrogens with zero attached hydrogens (tertiary/aromatic N) is 4. The van der Waals surface area contributed by atoms with Gasteiger partial charge >= 0.3 is 0 Å². The molecule has 0 radical (unpaired) electrons. The Morgan fingerprint density at radius 1 is 1.23 bits per heavy atom. The number of benzene rings is 1. The molecule has 1 N–H and O–H groups in total. The number of anilines is 1. The van der Waals surface area contributed by atoms with Gasteiger partial charge in [0.25, 0.3) is 6.43 Å². The Labute approximate surface area is 175 Å². The predicted octanol–water partition coefficient (Wildman–Crippen LogP) is 3.21. The summed E-state index contributed by atoms with van der Waals surface area (Å²) in [6.45, 7) is 3.84. The van der Waals surface area contributed by atoms with E-state index >= 15 is 0 Å². The molecule has 9 heteroatoms. The van der Waals surface area contributed by atoms with E-state index in [-0.39, 0.29) is 6.04 Å². The zero-order chi connectivity index (χ0) is 20.9. The first-order valence-corrected chi connectivity index (χ1v) is 10.5. The number of hydrogen-bond acceptors (Lipinski definition) is 6. The Bertz CT molecular complexity index is 801. The zero-order valence-electron chi connectivity index (χ0n) is 17.2. The summed E-state index contributed by atoms with van der Waals surface area (Å²) >= 11 is 0. The molecule has 4 rings (SSSR count). The minimum Gasteiger partial charge on any atom is -0.491 e. The lowest BCUT2D eigenvalue weighted by molar-refractivity contribution is 0.0550. The fourth-order valence-corrected chi connectivity index (χ4v) is 4.46. The van der Waals surface area contributed by atoms with Gasteiger partial charge in [-0.1, -0.05) is 12.1 Å². The lowest BCUT2D eigenvalue weighted by atomic mass is 9.86. The zero-order valence-corrected chi connectivity index (χ0v) is 17.2. The quantitative estimate of drug-likeness (QED) is 0.661. The Hall–Kier alpha value is -2.26. The van der Waals surface area contributed by atoms with Crippen LogP contribution in [0.25, 0.3) is 0 Å². The molecule has 164 valence electrons. The van der Waals surface area contributed by atoms with Gasteiger partial charge in [0, 0.05) is 26.2 Å². The van der Waals surface area contributed by atoms with Crippen molar-refractivity contribution in [2.45, 2.75) is 44.3 Å². The average molecular weight is 421 g/mol. The van der Waals surface area contributed by atoms with Crippen LogP contribution < -0.4 is 10.1 Å². The molecule has 0 aliphatic carbocycles. The molecule has 0 bridgehead atoms. The molecule has 0 saturated carbocycles. The number of nitrogens with one attached hydrogen (secondary N) is 1. The average Bonchev–Trinajstić information content (AvgIpc) is 3.23. The summed E-state index contributed by atoms with van der Waals surface area (Å²) in [5.74, 6) is 1.60. The van der Waals surface area contributed by atoms with Crippen molar-refractivity contribution >= 4 is 5.95 Å². The maximum absolute atomic E-state index is 13.6. The number of halogens is 2. The predicted molar refractivity (Wildman–Crippen MR) is 109 cm³/mol. The van der Waals surface area contributed by atoms with Crippen molar-refractivity contribution in [3.05, 3.63) is 36.2 Å². The van der Waals surface area contributed by atoms with E-state index in [9.17, 15) is 8.78 Å². The molecule has 1 aromatic carbocycles. The summed E-state index contributed by atoms with van der Waals surface area (Å²) in [4.78, 5) is 6.54. The van der Waals surface area contributed by atoms with E-state index < -0.39 is 12.5 Å². The van der Waals surface area contributed by atoms with Crippen molar-refractivity contribution in [3.8, 4) is 5.75 Å². The molecule has 0 amide bonds. The molecule has 7 nitrogen and oxygen atoms in total. The monoisotopic (exact) mass is 421 g/mol. The van der Waals surface area contributed by atoms with Gasteiger partial charge in [0.1, 0.15) is 24.7 Å². The number of hydrogen-bond donors (Lipinski definition) is 1. The first-order chi connectivity index (χ1) is 14.6. The van der Waals surface area contributed by atoms with E-state index in [1.165, 1.54) is 16.6 Å². The molecule has 3 heterocycles. The highest BCUT2D eigenvalue weighted by atomic mass is 19.3. The molecule has 0 spiro atoms. The maximum atomic E-state index is 13.6. The highest BCUT2D eigenvalue weighted by Crippen LogP contribution is 2.35. The molecule has 1 fully saturated rings. The molecule has 2 aliphatic heterocycles. The third-order valence-corrected chi connectivity index (χ3v) is 5.98. The second-order valence-electron chi connectivity index (χ2n) is 8.04. The third kappa shape index (κ3) is 4.89. The normalized spacial score (nSPS) is 24.5. The third-order valence-electron chi connectivity index (χ3n) is 5.98. The number of likely N-dealkylation sites (tertiary alicyclic amines) is 1. The number of rotatable bonds is 8. The summed E-state index contributed by atoms with van der Waals surface area (Å²) in [5.41, 5.74) is 1.22. The Kier molecular flexibility index (Phi) is 6.79. The molecule has 3 atom stereocenters. The van der Waals surface area contributed by atoms with Crippen molar-refractivity contribution in [1.82, 2.24) is 19.7 Å². The first-order valence-electron chi connectivity index (χ1n) is 10.5. The molecular weight excluding hydrogens is 392 g/mol. The highest BCUT2D eigenvalue weighted by Gasteiger charge is 2.38. The van der Waals surface area contributed by atoms with Gasteiger partial charge in [0.2, 0.25) is 5.95 Å². The van der Waals surface area contributed by atoms with Crippen LogP contribution in [0.2, 0.25) is 0 Å². The van der Waals surface area contributed by atoms with E-state index in [1.54, 1.807) is 7.11 Å². The SMILES string of the molecule is COCCOc1ccc(CN2CCC[C@@H]([C@@H]3C[C@H](C(F)F)n4ncnc4N3)C2)cc1. The smallest absolute Gasteiger partial charge is 0.260 e. The lowest BCUT2D eigenvalue weighted by Gasteiger charge is -2.40. The van der Waals surface area contributed by atoms with E-state index in [2.05, 4.69) is 32.4 Å². The van der Waals surface area contributed by atoms with Gasteiger partial charge in [0.15, 0.2) is 0 Å². The molecule has 1 aromatic heterocycles. The van der Waals surface area contributed by atoms with Gasteiger partial charge in [-0.15, -0.1) is 0 Å². The summed E-state index contributed by atoms with van der Waals surface area (Å²) < 4.78 is 39.1. The van der Waals surface area contributed by atoms with Crippen molar-refractivity contribution in [3.63, 3.8) is 0 Å². The number of alkyl halides is 2. The largest absolute Gasteiger partial charge is 0.491 e. The Balaban J connectivity index is 1.34. The van der Waals surface area contributed by atoms with Crippen molar-refractivity contribution in [1.29, 1.82) is 0 Å². The Morgan fingerprint density at radius 2 is 2.07 bits per heavy atom. The van der Waals surface area contributed by atoms with Crippen LogP contribution in [-0.4, -0.2) is 65.5 Å². The van der Waals surface area contributed by atoms with Crippen LogP contribution in [0, 0.1) is 5.92 Å². The number of fused-ring (bicyclic) bond motifs is 1. The van der Waals surface area contributed by atoms with Crippen LogP contribution in [0.4, 0.5) is 14.7 Å². The summed E-state index contributed by atoms with van der Waals surface area (Å²) in [6, 6.07) is 7.21. The molecular formula is C21H29F2N5O2. The second kappa shape index (κ2) is 9.70. The van der Waals surface area contributed by atoms with Gasteiger partial charge in [-0.3, -0.25) is 4.90 Å². The van der Waals surface area contributed by atoms with Gasteiger partial charge in [-0.2, -0.15) is 10.1 Å². The highest BCUT2D eigenvalue weighted by molar-refractivity contribution is 5.30. The Morgan fingerprint density at radius 3 is 2.83 bits per heavy atom. The van der Waals surface area contributed by atoms with Crippen LogP contribution in [0.5, 0.6) is 5.75 Å². The fraction of sp³-hybridized carbons (Fsp3) is 0.619. The molecule has 30 heavy (non-hydrogen) atoms. The fourth-order valence-electron chi connectivity index (χ4n) is 4.46. The van der Waals surface area contributed by atoms with Gasteiger partial charge in [-0.25, -0.2) is 13.5 Å². The summed E-state index contributed by atoms with van der Waals surface area (Å²) in [7, 11) is 1.65. The van der Waals surface area contributed by atoms with Crippen molar-refractivity contribution in [2.75, 3.05) is 38.7 Å². The molecule has 0 unspecified atom stereocenters. The number of aromatic nitrogens is 3. The second-order valence-corrected chi connectivity index (χ2v) is 8.04. The standard InChI is InChI=1S/C21H29F2N5O2/c1-29-9-10-30-17-6-4-15(5-7-17)12-27-8-2-3-16(13-27)18-11-19(20(22)23)28-21(26-18)24-14-25-28/h4-7,14,16,18-20H,2-3,8-13H2,1H3,(H,24,25,26)/t16-,18+,19-/m1/s1.